The van der Waals surface area contributed by atoms with Crippen LogP contribution in [0.3, 0.4) is 0 Å². The van der Waals surface area contributed by atoms with Gasteiger partial charge in [-0.25, -0.2) is 4.79 Å². The van der Waals surface area contributed by atoms with Crippen LogP contribution in [0.5, 0.6) is 0 Å². The standard InChI is InChI=1S/C9H13NO3/c1-4-8(11)13-6-5-10-9(12)7(2)3/h4H,1-2,5-6H2,3H3,(H,10,12). The molecule has 4 heteroatoms. The molecule has 0 aromatic carbocycles. The maximum absolute atomic E-state index is 10.9. The Morgan fingerprint density at radius 2 is 2.15 bits per heavy atom. The molecular formula is C9H13NO3. The predicted octanol–water partition coefficient (Wildman–Crippen LogP) is 0.408. The van der Waals surface area contributed by atoms with E-state index in [0.717, 1.165) is 6.08 Å². The molecule has 0 saturated carbocycles. The lowest BCUT2D eigenvalue weighted by Crippen LogP contribution is -2.28. The first-order chi connectivity index (χ1) is 6.07. The summed E-state index contributed by atoms with van der Waals surface area (Å²) in [4.78, 5) is 21.4. The summed E-state index contributed by atoms with van der Waals surface area (Å²) in [6.45, 7) is 8.70. The van der Waals surface area contributed by atoms with Crippen molar-refractivity contribution in [2.45, 2.75) is 6.92 Å². The van der Waals surface area contributed by atoms with Crippen LogP contribution in [-0.2, 0) is 14.3 Å². The van der Waals surface area contributed by atoms with E-state index in [1.165, 1.54) is 0 Å². The molecule has 0 fully saturated rings. The highest BCUT2D eigenvalue weighted by Crippen LogP contribution is 1.84. The Labute approximate surface area is 77.3 Å². The predicted molar refractivity (Wildman–Crippen MR) is 49.0 cm³/mol. The Hall–Kier alpha value is -1.58. The van der Waals surface area contributed by atoms with Gasteiger partial charge in [-0.05, 0) is 6.92 Å². The van der Waals surface area contributed by atoms with Gasteiger partial charge in [0.15, 0.2) is 0 Å². The van der Waals surface area contributed by atoms with Gasteiger partial charge in [0.2, 0.25) is 5.91 Å². The summed E-state index contributed by atoms with van der Waals surface area (Å²) in [6.07, 6.45) is 1.07. The Bertz CT molecular complexity index is 233. The average molecular weight is 183 g/mol. The molecule has 0 aliphatic carbocycles. The first kappa shape index (κ1) is 11.4. The second-order valence-corrected chi connectivity index (χ2v) is 2.41. The largest absolute Gasteiger partial charge is 0.461 e. The summed E-state index contributed by atoms with van der Waals surface area (Å²) in [5.41, 5.74) is 0.426. The highest BCUT2D eigenvalue weighted by atomic mass is 16.5. The zero-order valence-corrected chi connectivity index (χ0v) is 7.63. The molecule has 0 aliphatic rings. The molecule has 4 nitrogen and oxygen atoms in total. The summed E-state index contributed by atoms with van der Waals surface area (Å²) in [5, 5.41) is 2.51. The molecule has 0 aromatic rings. The molecule has 0 spiro atoms. The van der Waals surface area contributed by atoms with E-state index in [1.54, 1.807) is 6.92 Å². The first-order valence-corrected chi connectivity index (χ1v) is 3.81. The van der Waals surface area contributed by atoms with Crippen molar-refractivity contribution in [1.29, 1.82) is 0 Å². The van der Waals surface area contributed by atoms with Gasteiger partial charge in [-0.3, -0.25) is 4.79 Å². The van der Waals surface area contributed by atoms with Crippen molar-refractivity contribution in [3.8, 4) is 0 Å². The van der Waals surface area contributed by atoms with Crippen LogP contribution >= 0.6 is 0 Å². The smallest absolute Gasteiger partial charge is 0.330 e. The molecule has 13 heavy (non-hydrogen) atoms. The molecule has 0 radical (unpaired) electrons. The van der Waals surface area contributed by atoms with E-state index in [2.05, 4.69) is 23.2 Å². The topological polar surface area (TPSA) is 55.4 Å². The number of esters is 1. The molecule has 0 rings (SSSR count). The summed E-state index contributed by atoms with van der Waals surface area (Å²) in [7, 11) is 0. The Morgan fingerprint density at radius 3 is 2.62 bits per heavy atom. The monoisotopic (exact) mass is 183 g/mol. The number of carbonyl (C=O) groups excluding carboxylic acids is 2. The number of amides is 1. The van der Waals surface area contributed by atoms with Gasteiger partial charge in [0.05, 0.1) is 6.54 Å². The maximum atomic E-state index is 10.9. The van der Waals surface area contributed by atoms with E-state index in [9.17, 15) is 9.59 Å². The van der Waals surface area contributed by atoms with Crippen LogP contribution in [0.15, 0.2) is 24.8 Å². The molecule has 72 valence electrons. The van der Waals surface area contributed by atoms with E-state index in [0.29, 0.717) is 5.57 Å². The van der Waals surface area contributed by atoms with Crippen molar-refractivity contribution >= 4 is 11.9 Å². The van der Waals surface area contributed by atoms with Gasteiger partial charge in [0.1, 0.15) is 6.61 Å². The van der Waals surface area contributed by atoms with Crippen molar-refractivity contribution in [3.05, 3.63) is 24.8 Å². The lowest BCUT2D eigenvalue weighted by molar-refractivity contribution is -0.138. The van der Waals surface area contributed by atoms with E-state index in [1.807, 2.05) is 0 Å². The molecule has 1 N–H and O–H groups in total. The zero-order chi connectivity index (χ0) is 10.3. The van der Waals surface area contributed by atoms with Crippen molar-refractivity contribution < 1.29 is 14.3 Å². The van der Waals surface area contributed by atoms with E-state index in [-0.39, 0.29) is 19.1 Å². The van der Waals surface area contributed by atoms with Gasteiger partial charge in [-0.2, -0.15) is 0 Å². The molecular weight excluding hydrogens is 170 g/mol. The Morgan fingerprint density at radius 1 is 1.54 bits per heavy atom. The van der Waals surface area contributed by atoms with Crippen LogP contribution in [0.4, 0.5) is 0 Å². The quantitative estimate of drug-likeness (QED) is 0.381. The van der Waals surface area contributed by atoms with E-state index in [4.69, 9.17) is 0 Å². The Balaban J connectivity index is 3.46. The Kier molecular flexibility index (Phi) is 5.27. The number of hydrogen-bond acceptors (Lipinski definition) is 3. The SMILES string of the molecule is C=CC(=O)OCCNC(=O)C(=C)C. The first-order valence-electron chi connectivity index (χ1n) is 3.81. The van der Waals surface area contributed by atoms with Crippen LogP contribution in [-0.4, -0.2) is 25.0 Å². The van der Waals surface area contributed by atoms with Crippen LogP contribution < -0.4 is 5.32 Å². The van der Waals surface area contributed by atoms with Crippen LogP contribution in [0.2, 0.25) is 0 Å². The van der Waals surface area contributed by atoms with Crippen LogP contribution in [0.1, 0.15) is 6.92 Å². The summed E-state index contributed by atoms with van der Waals surface area (Å²) < 4.78 is 4.62. The van der Waals surface area contributed by atoms with Crippen molar-refractivity contribution in [3.63, 3.8) is 0 Å². The van der Waals surface area contributed by atoms with Crippen LogP contribution in [0, 0.1) is 0 Å². The molecule has 0 unspecified atom stereocenters. The van der Waals surface area contributed by atoms with E-state index >= 15 is 0 Å². The number of carbonyl (C=O) groups is 2. The van der Waals surface area contributed by atoms with Crippen molar-refractivity contribution in [1.82, 2.24) is 5.32 Å². The molecule has 0 saturated heterocycles. The molecule has 1 amide bonds. The second-order valence-electron chi connectivity index (χ2n) is 2.41. The van der Waals surface area contributed by atoms with Gasteiger partial charge in [0.25, 0.3) is 0 Å². The van der Waals surface area contributed by atoms with Crippen LogP contribution in [0.25, 0.3) is 0 Å². The van der Waals surface area contributed by atoms with Gasteiger partial charge in [-0.15, -0.1) is 0 Å². The fourth-order valence-corrected chi connectivity index (χ4v) is 0.526. The van der Waals surface area contributed by atoms with Gasteiger partial charge in [0, 0.05) is 11.6 Å². The van der Waals surface area contributed by atoms with Crippen molar-refractivity contribution in [2.24, 2.45) is 0 Å². The maximum Gasteiger partial charge on any atom is 0.330 e. The third kappa shape index (κ3) is 5.66. The number of hydrogen-bond donors (Lipinski definition) is 1. The second kappa shape index (κ2) is 5.99. The fraction of sp³-hybridized carbons (Fsp3) is 0.333. The minimum Gasteiger partial charge on any atom is -0.461 e. The molecule has 0 aliphatic heterocycles. The number of nitrogens with one attached hydrogen (secondary N) is 1. The lowest BCUT2D eigenvalue weighted by Gasteiger charge is -2.04. The average Bonchev–Trinajstić information content (AvgIpc) is 2.11. The molecule has 0 heterocycles. The summed E-state index contributed by atoms with van der Waals surface area (Å²) in [5.74, 6) is -0.737. The fourth-order valence-electron chi connectivity index (χ4n) is 0.526. The highest BCUT2D eigenvalue weighted by molar-refractivity contribution is 5.92. The van der Waals surface area contributed by atoms with Gasteiger partial charge >= 0.3 is 5.97 Å². The normalized spacial score (nSPS) is 8.69. The molecule has 0 atom stereocenters. The van der Waals surface area contributed by atoms with Gasteiger partial charge in [-0.1, -0.05) is 13.2 Å². The zero-order valence-electron chi connectivity index (χ0n) is 7.63. The third-order valence-electron chi connectivity index (χ3n) is 1.19. The summed E-state index contributed by atoms with van der Waals surface area (Å²) >= 11 is 0. The lowest BCUT2D eigenvalue weighted by atomic mass is 10.3. The molecule has 0 aromatic heterocycles. The van der Waals surface area contributed by atoms with E-state index < -0.39 is 5.97 Å². The van der Waals surface area contributed by atoms with Gasteiger partial charge < -0.3 is 10.1 Å². The summed E-state index contributed by atoms with van der Waals surface area (Å²) in [6, 6.07) is 0. The minimum atomic E-state index is -0.496. The molecule has 0 bridgehead atoms. The number of ether oxygens (including phenoxy) is 1. The number of rotatable bonds is 5. The highest BCUT2D eigenvalue weighted by Gasteiger charge is 2.00. The minimum absolute atomic E-state index is 0.143. The van der Waals surface area contributed by atoms with Crippen molar-refractivity contribution in [2.75, 3.05) is 13.2 Å². The third-order valence-corrected chi connectivity index (χ3v) is 1.19.